The number of carbonyl (C=O) groups is 2. The van der Waals surface area contributed by atoms with E-state index in [1.54, 1.807) is 0 Å². The highest BCUT2D eigenvalue weighted by molar-refractivity contribution is 5.86. The maximum atomic E-state index is 11.4. The SMILES string of the molecule is CCCCCCCC(=O)OCC(=O)[C@H](O)[C@@H](O)[C@H](O)CO. The minimum absolute atomic E-state index is 0.203. The van der Waals surface area contributed by atoms with E-state index in [2.05, 4.69) is 6.92 Å². The number of aliphatic hydroxyl groups excluding tert-OH is 4. The Kier molecular flexibility index (Phi) is 11.1. The number of carbonyl (C=O) groups excluding carboxylic acids is 2. The fraction of sp³-hybridized carbons (Fsp3) is 0.857. The lowest BCUT2D eigenvalue weighted by molar-refractivity contribution is -0.155. The Hall–Kier alpha value is -1.02. The summed E-state index contributed by atoms with van der Waals surface area (Å²) in [4.78, 5) is 22.8. The summed E-state index contributed by atoms with van der Waals surface area (Å²) in [6.07, 6.45) is -0.258. The molecule has 0 aliphatic carbocycles. The molecule has 21 heavy (non-hydrogen) atoms. The molecule has 0 bridgehead atoms. The summed E-state index contributed by atoms with van der Waals surface area (Å²) in [6.45, 7) is 0.639. The number of unbranched alkanes of at least 4 members (excludes halogenated alkanes) is 4. The van der Waals surface area contributed by atoms with E-state index >= 15 is 0 Å². The third kappa shape index (κ3) is 8.77. The first kappa shape index (κ1) is 20.0. The second-order valence-electron chi connectivity index (χ2n) is 4.98. The van der Waals surface area contributed by atoms with Gasteiger partial charge in [-0.2, -0.15) is 0 Å². The fourth-order valence-corrected chi connectivity index (χ4v) is 1.69. The molecule has 0 fully saturated rings. The third-order valence-electron chi connectivity index (χ3n) is 3.09. The number of rotatable bonds is 12. The largest absolute Gasteiger partial charge is 0.458 e. The zero-order valence-corrected chi connectivity index (χ0v) is 12.4. The van der Waals surface area contributed by atoms with Crippen molar-refractivity contribution in [1.82, 2.24) is 0 Å². The molecular weight excluding hydrogens is 280 g/mol. The molecule has 0 unspecified atom stereocenters. The van der Waals surface area contributed by atoms with Gasteiger partial charge in [-0.15, -0.1) is 0 Å². The second-order valence-corrected chi connectivity index (χ2v) is 4.98. The molecule has 0 spiro atoms. The monoisotopic (exact) mass is 306 g/mol. The molecule has 124 valence electrons. The quantitative estimate of drug-likeness (QED) is 0.284. The molecule has 0 aromatic heterocycles. The Balaban J connectivity index is 3.88. The summed E-state index contributed by atoms with van der Waals surface area (Å²) in [7, 11) is 0. The number of esters is 1. The lowest BCUT2D eigenvalue weighted by Crippen LogP contribution is -2.45. The minimum Gasteiger partial charge on any atom is -0.458 e. The smallest absolute Gasteiger partial charge is 0.306 e. The van der Waals surface area contributed by atoms with Gasteiger partial charge in [-0.1, -0.05) is 32.6 Å². The summed E-state index contributed by atoms with van der Waals surface area (Å²) >= 11 is 0. The Labute approximate surface area is 124 Å². The summed E-state index contributed by atoms with van der Waals surface area (Å²) in [6, 6.07) is 0. The maximum Gasteiger partial charge on any atom is 0.306 e. The summed E-state index contributed by atoms with van der Waals surface area (Å²) in [5.74, 6) is -1.46. The maximum absolute atomic E-state index is 11.4. The molecular formula is C14H26O7. The van der Waals surface area contributed by atoms with Crippen molar-refractivity contribution in [2.75, 3.05) is 13.2 Å². The number of hydrogen-bond acceptors (Lipinski definition) is 7. The molecule has 0 saturated heterocycles. The molecule has 0 aliphatic heterocycles. The van der Waals surface area contributed by atoms with Gasteiger partial charge in [0.25, 0.3) is 0 Å². The highest BCUT2D eigenvalue weighted by atomic mass is 16.5. The zero-order chi connectivity index (χ0) is 16.3. The summed E-state index contributed by atoms with van der Waals surface area (Å²) in [5.41, 5.74) is 0. The van der Waals surface area contributed by atoms with E-state index in [1.807, 2.05) is 0 Å². The fourth-order valence-electron chi connectivity index (χ4n) is 1.69. The standard InChI is InChI=1S/C14H26O7/c1-2-3-4-5-6-7-12(18)21-9-11(17)14(20)13(19)10(16)8-15/h10,13-16,19-20H,2-9H2,1H3/t10-,13+,14+/m1/s1. The van der Waals surface area contributed by atoms with Crippen molar-refractivity contribution in [2.24, 2.45) is 0 Å². The van der Waals surface area contributed by atoms with Crippen LogP contribution in [0.15, 0.2) is 0 Å². The van der Waals surface area contributed by atoms with Crippen LogP contribution in [0, 0.1) is 0 Å². The first-order valence-corrected chi connectivity index (χ1v) is 7.27. The molecule has 3 atom stereocenters. The molecule has 7 nitrogen and oxygen atoms in total. The van der Waals surface area contributed by atoms with Crippen molar-refractivity contribution < 1.29 is 34.8 Å². The van der Waals surface area contributed by atoms with Gasteiger partial charge in [-0.25, -0.2) is 0 Å². The lowest BCUT2D eigenvalue weighted by atomic mass is 10.1. The molecule has 0 rings (SSSR count). The van der Waals surface area contributed by atoms with Crippen molar-refractivity contribution in [2.45, 2.75) is 63.8 Å². The van der Waals surface area contributed by atoms with Crippen LogP contribution in [0.1, 0.15) is 45.4 Å². The average molecular weight is 306 g/mol. The second kappa shape index (κ2) is 11.6. The molecule has 7 heteroatoms. The van der Waals surface area contributed by atoms with E-state index in [4.69, 9.17) is 14.9 Å². The third-order valence-corrected chi connectivity index (χ3v) is 3.09. The van der Waals surface area contributed by atoms with Crippen LogP contribution < -0.4 is 0 Å². The molecule has 0 aliphatic rings. The van der Waals surface area contributed by atoms with Crippen LogP contribution in [0.3, 0.4) is 0 Å². The van der Waals surface area contributed by atoms with E-state index < -0.39 is 43.3 Å². The molecule has 0 amide bonds. The number of ether oxygens (including phenoxy) is 1. The van der Waals surface area contributed by atoms with Gasteiger partial charge in [-0.05, 0) is 6.42 Å². The van der Waals surface area contributed by atoms with Gasteiger partial charge in [0, 0.05) is 6.42 Å². The van der Waals surface area contributed by atoms with Crippen molar-refractivity contribution in [3.63, 3.8) is 0 Å². The normalized spacial score (nSPS) is 15.3. The number of Topliss-reactive ketones (excluding diaryl/α,β-unsaturated/α-hetero) is 1. The Bertz CT molecular complexity index is 306. The predicted octanol–water partition coefficient (Wildman–Crippen LogP) is -0.466. The first-order valence-electron chi connectivity index (χ1n) is 7.27. The summed E-state index contributed by atoms with van der Waals surface area (Å²) < 4.78 is 4.69. The van der Waals surface area contributed by atoms with Crippen molar-refractivity contribution in [3.05, 3.63) is 0 Å². The Morgan fingerprint density at radius 1 is 1.05 bits per heavy atom. The molecule has 4 N–H and O–H groups in total. The first-order chi connectivity index (χ1) is 9.93. The van der Waals surface area contributed by atoms with Crippen LogP contribution in [0.5, 0.6) is 0 Å². The van der Waals surface area contributed by atoms with Gasteiger partial charge in [-0.3, -0.25) is 9.59 Å². The van der Waals surface area contributed by atoms with E-state index in [0.717, 1.165) is 25.7 Å². The number of aliphatic hydroxyl groups is 4. The van der Waals surface area contributed by atoms with Gasteiger partial charge in [0.05, 0.1) is 6.61 Å². The molecule has 0 heterocycles. The van der Waals surface area contributed by atoms with Crippen molar-refractivity contribution in [3.8, 4) is 0 Å². The van der Waals surface area contributed by atoms with Crippen LogP contribution in [-0.2, 0) is 14.3 Å². The van der Waals surface area contributed by atoms with Gasteiger partial charge < -0.3 is 25.2 Å². The molecule has 0 aromatic carbocycles. The highest BCUT2D eigenvalue weighted by Gasteiger charge is 2.30. The van der Waals surface area contributed by atoms with Crippen LogP contribution in [-0.4, -0.2) is 63.7 Å². The van der Waals surface area contributed by atoms with Gasteiger partial charge in [0.1, 0.15) is 18.3 Å². The van der Waals surface area contributed by atoms with E-state index in [-0.39, 0.29) is 6.42 Å². The molecule has 0 saturated carbocycles. The Morgan fingerprint density at radius 2 is 1.67 bits per heavy atom. The van der Waals surface area contributed by atoms with Gasteiger partial charge in [0.15, 0.2) is 6.61 Å². The Morgan fingerprint density at radius 3 is 2.24 bits per heavy atom. The number of ketones is 1. The van der Waals surface area contributed by atoms with Gasteiger partial charge in [0.2, 0.25) is 5.78 Å². The van der Waals surface area contributed by atoms with Crippen molar-refractivity contribution >= 4 is 11.8 Å². The minimum atomic E-state index is -1.90. The van der Waals surface area contributed by atoms with Crippen LogP contribution in [0.25, 0.3) is 0 Å². The van der Waals surface area contributed by atoms with Crippen LogP contribution in [0.4, 0.5) is 0 Å². The summed E-state index contributed by atoms with van der Waals surface area (Å²) in [5, 5.41) is 36.4. The molecule has 0 aromatic rings. The molecule has 0 radical (unpaired) electrons. The van der Waals surface area contributed by atoms with E-state index in [0.29, 0.717) is 6.42 Å². The van der Waals surface area contributed by atoms with Crippen LogP contribution in [0.2, 0.25) is 0 Å². The average Bonchev–Trinajstić information content (AvgIpc) is 2.49. The lowest BCUT2D eigenvalue weighted by Gasteiger charge is -2.20. The zero-order valence-electron chi connectivity index (χ0n) is 12.4. The van der Waals surface area contributed by atoms with Crippen LogP contribution >= 0.6 is 0 Å². The highest BCUT2D eigenvalue weighted by Crippen LogP contribution is 2.06. The predicted molar refractivity (Wildman–Crippen MR) is 74.4 cm³/mol. The van der Waals surface area contributed by atoms with E-state index in [1.165, 1.54) is 0 Å². The van der Waals surface area contributed by atoms with Gasteiger partial charge >= 0.3 is 5.97 Å². The van der Waals surface area contributed by atoms with E-state index in [9.17, 15) is 19.8 Å². The van der Waals surface area contributed by atoms with Crippen molar-refractivity contribution in [1.29, 1.82) is 0 Å². The number of hydrogen-bond donors (Lipinski definition) is 4. The topological polar surface area (TPSA) is 124 Å².